The first-order valence-corrected chi connectivity index (χ1v) is 3.29. The predicted octanol–water partition coefficient (Wildman–Crippen LogP) is 1.20. The van der Waals surface area contributed by atoms with E-state index in [-0.39, 0.29) is 0 Å². The zero-order valence-electron chi connectivity index (χ0n) is 5.84. The SMILES string of the molecule is C=CN1CCCC1OC. The van der Waals surface area contributed by atoms with Crippen molar-refractivity contribution in [1.82, 2.24) is 4.90 Å². The number of hydrogen-bond acceptors (Lipinski definition) is 2. The van der Waals surface area contributed by atoms with E-state index in [2.05, 4.69) is 11.5 Å². The number of likely N-dealkylation sites (tertiary alicyclic amines) is 1. The van der Waals surface area contributed by atoms with Crippen LogP contribution in [0.5, 0.6) is 0 Å². The molecule has 1 aliphatic rings. The second kappa shape index (κ2) is 2.87. The van der Waals surface area contributed by atoms with Gasteiger partial charge in [0.25, 0.3) is 0 Å². The van der Waals surface area contributed by atoms with Crippen LogP contribution in [0, 0.1) is 0 Å². The Bertz CT molecular complexity index is 103. The van der Waals surface area contributed by atoms with E-state index in [9.17, 15) is 0 Å². The third-order valence-electron chi connectivity index (χ3n) is 1.74. The molecule has 0 aliphatic carbocycles. The Labute approximate surface area is 56.1 Å². The Balaban J connectivity index is 2.41. The van der Waals surface area contributed by atoms with Gasteiger partial charge in [-0.15, -0.1) is 0 Å². The van der Waals surface area contributed by atoms with Gasteiger partial charge in [-0.05, 0) is 19.0 Å². The van der Waals surface area contributed by atoms with Crippen molar-refractivity contribution in [3.63, 3.8) is 0 Å². The normalized spacial score (nSPS) is 26.8. The molecule has 1 unspecified atom stereocenters. The minimum absolute atomic E-state index is 0.294. The van der Waals surface area contributed by atoms with E-state index in [1.807, 2.05) is 6.20 Å². The highest BCUT2D eigenvalue weighted by Crippen LogP contribution is 2.16. The van der Waals surface area contributed by atoms with Crippen molar-refractivity contribution in [2.24, 2.45) is 0 Å². The van der Waals surface area contributed by atoms with Gasteiger partial charge in [-0.1, -0.05) is 6.58 Å². The number of hydrogen-bond donors (Lipinski definition) is 0. The average Bonchev–Trinajstić information content (AvgIpc) is 2.33. The second-order valence-electron chi connectivity index (χ2n) is 2.25. The molecule has 0 N–H and O–H groups in total. The standard InChI is InChI=1S/C7H13NO/c1-3-8-6-4-5-7(8)9-2/h3,7H,1,4-6H2,2H3. The van der Waals surface area contributed by atoms with Crippen LogP contribution in [-0.2, 0) is 4.74 Å². The fourth-order valence-electron chi connectivity index (χ4n) is 1.22. The van der Waals surface area contributed by atoms with Crippen molar-refractivity contribution < 1.29 is 4.74 Å². The van der Waals surface area contributed by atoms with E-state index in [4.69, 9.17) is 4.74 Å². The Hall–Kier alpha value is -0.500. The molecule has 0 aromatic heterocycles. The van der Waals surface area contributed by atoms with Crippen molar-refractivity contribution in [2.45, 2.75) is 19.1 Å². The second-order valence-corrected chi connectivity index (χ2v) is 2.25. The molecule has 1 aliphatic heterocycles. The summed E-state index contributed by atoms with van der Waals surface area (Å²) in [5, 5.41) is 0. The summed E-state index contributed by atoms with van der Waals surface area (Å²) in [6.45, 7) is 4.79. The van der Waals surface area contributed by atoms with Crippen LogP contribution in [0.25, 0.3) is 0 Å². The van der Waals surface area contributed by atoms with Gasteiger partial charge in [0.2, 0.25) is 0 Å². The summed E-state index contributed by atoms with van der Waals surface area (Å²) in [5.74, 6) is 0. The molecule has 0 bridgehead atoms. The minimum Gasteiger partial charge on any atom is -0.362 e. The first-order valence-electron chi connectivity index (χ1n) is 3.29. The molecule has 1 atom stereocenters. The average molecular weight is 127 g/mol. The maximum Gasteiger partial charge on any atom is 0.129 e. The smallest absolute Gasteiger partial charge is 0.129 e. The van der Waals surface area contributed by atoms with Crippen molar-refractivity contribution in [2.75, 3.05) is 13.7 Å². The summed E-state index contributed by atoms with van der Waals surface area (Å²) < 4.78 is 5.17. The number of rotatable bonds is 2. The van der Waals surface area contributed by atoms with Crippen LogP contribution >= 0.6 is 0 Å². The highest BCUT2D eigenvalue weighted by atomic mass is 16.5. The van der Waals surface area contributed by atoms with Crippen molar-refractivity contribution in [3.05, 3.63) is 12.8 Å². The highest BCUT2D eigenvalue weighted by molar-refractivity contribution is 4.79. The Morgan fingerprint density at radius 1 is 1.78 bits per heavy atom. The molecule has 0 aromatic rings. The largest absolute Gasteiger partial charge is 0.362 e. The quantitative estimate of drug-likeness (QED) is 0.552. The molecule has 0 amide bonds. The van der Waals surface area contributed by atoms with Gasteiger partial charge in [-0.2, -0.15) is 0 Å². The van der Waals surface area contributed by atoms with Gasteiger partial charge in [0.1, 0.15) is 6.23 Å². The van der Waals surface area contributed by atoms with Crippen LogP contribution in [-0.4, -0.2) is 24.8 Å². The topological polar surface area (TPSA) is 12.5 Å². The maximum absolute atomic E-state index is 5.17. The van der Waals surface area contributed by atoms with Crippen molar-refractivity contribution in [3.8, 4) is 0 Å². The summed E-state index contributed by atoms with van der Waals surface area (Å²) in [6.07, 6.45) is 4.51. The van der Waals surface area contributed by atoms with E-state index in [1.165, 1.54) is 6.42 Å². The van der Waals surface area contributed by atoms with E-state index in [0.29, 0.717) is 6.23 Å². The number of nitrogens with zero attached hydrogens (tertiary/aromatic N) is 1. The van der Waals surface area contributed by atoms with E-state index in [1.54, 1.807) is 7.11 Å². The van der Waals surface area contributed by atoms with Gasteiger partial charge in [0, 0.05) is 13.7 Å². The Morgan fingerprint density at radius 2 is 2.56 bits per heavy atom. The highest BCUT2D eigenvalue weighted by Gasteiger charge is 2.19. The molecule has 0 radical (unpaired) electrons. The van der Waals surface area contributed by atoms with Crippen molar-refractivity contribution >= 4 is 0 Å². The monoisotopic (exact) mass is 127 g/mol. The van der Waals surface area contributed by atoms with Gasteiger partial charge in [0.05, 0.1) is 0 Å². The molecular formula is C7H13NO. The van der Waals surface area contributed by atoms with E-state index >= 15 is 0 Å². The summed E-state index contributed by atoms with van der Waals surface area (Å²) in [6, 6.07) is 0. The third-order valence-corrected chi connectivity index (χ3v) is 1.74. The third kappa shape index (κ3) is 1.24. The van der Waals surface area contributed by atoms with Gasteiger partial charge >= 0.3 is 0 Å². The Kier molecular flexibility index (Phi) is 2.11. The van der Waals surface area contributed by atoms with Crippen molar-refractivity contribution in [1.29, 1.82) is 0 Å². The molecule has 0 saturated carbocycles. The molecule has 1 saturated heterocycles. The summed E-state index contributed by atoms with van der Waals surface area (Å²) >= 11 is 0. The van der Waals surface area contributed by atoms with E-state index < -0.39 is 0 Å². The minimum atomic E-state index is 0.294. The lowest BCUT2D eigenvalue weighted by molar-refractivity contribution is 0.0225. The number of methoxy groups -OCH3 is 1. The first kappa shape index (κ1) is 6.62. The molecule has 1 fully saturated rings. The van der Waals surface area contributed by atoms with Crippen LogP contribution in [0.4, 0.5) is 0 Å². The molecule has 0 spiro atoms. The summed E-state index contributed by atoms with van der Waals surface area (Å²) in [5.41, 5.74) is 0. The zero-order valence-corrected chi connectivity index (χ0v) is 5.84. The van der Waals surface area contributed by atoms with Crippen LogP contribution in [0.15, 0.2) is 12.8 Å². The lowest BCUT2D eigenvalue weighted by Crippen LogP contribution is -2.24. The predicted molar refractivity (Wildman–Crippen MR) is 36.9 cm³/mol. The molecule has 52 valence electrons. The molecule has 1 rings (SSSR count). The number of ether oxygens (including phenoxy) is 1. The van der Waals surface area contributed by atoms with Gasteiger partial charge in [0.15, 0.2) is 0 Å². The van der Waals surface area contributed by atoms with Crippen LogP contribution < -0.4 is 0 Å². The van der Waals surface area contributed by atoms with Crippen LogP contribution in [0.2, 0.25) is 0 Å². The first-order chi connectivity index (χ1) is 4.38. The fourth-order valence-corrected chi connectivity index (χ4v) is 1.22. The lowest BCUT2D eigenvalue weighted by Gasteiger charge is -2.19. The molecule has 0 aromatic carbocycles. The van der Waals surface area contributed by atoms with Gasteiger partial charge < -0.3 is 9.64 Å². The lowest BCUT2D eigenvalue weighted by atomic mass is 10.4. The summed E-state index contributed by atoms with van der Waals surface area (Å²) in [4.78, 5) is 2.12. The zero-order chi connectivity index (χ0) is 6.69. The van der Waals surface area contributed by atoms with Gasteiger partial charge in [-0.3, -0.25) is 0 Å². The van der Waals surface area contributed by atoms with Crippen LogP contribution in [0.1, 0.15) is 12.8 Å². The Morgan fingerprint density at radius 3 is 3.00 bits per heavy atom. The van der Waals surface area contributed by atoms with E-state index in [0.717, 1.165) is 13.0 Å². The maximum atomic E-state index is 5.17. The molecule has 2 heteroatoms. The molecular weight excluding hydrogens is 114 g/mol. The molecule has 1 heterocycles. The molecule has 9 heavy (non-hydrogen) atoms. The molecule has 2 nitrogen and oxygen atoms in total. The van der Waals surface area contributed by atoms with Crippen LogP contribution in [0.3, 0.4) is 0 Å². The summed E-state index contributed by atoms with van der Waals surface area (Å²) in [7, 11) is 1.74. The van der Waals surface area contributed by atoms with Gasteiger partial charge in [-0.25, -0.2) is 0 Å². The fraction of sp³-hybridized carbons (Fsp3) is 0.714.